The molecule has 0 aliphatic rings. The van der Waals surface area contributed by atoms with Gasteiger partial charge >= 0.3 is 0 Å². The van der Waals surface area contributed by atoms with Crippen LogP contribution >= 0.6 is 0 Å². The molecule has 5 heteroatoms. The number of aliphatic imine (C=N–C) groups is 1. The van der Waals surface area contributed by atoms with E-state index in [0.717, 1.165) is 57.4 Å². The van der Waals surface area contributed by atoms with Crippen LogP contribution in [-0.2, 0) is 11.2 Å². The lowest BCUT2D eigenvalue weighted by Gasteiger charge is -2.12. The van der Waals surface area contributed by atoms with Crippen molar-refractivity contribution in [3.05, 3.63) is 29.8 Å². The second kappa shape index (κ2) is 12.6. The van der Waals surface area contributed by atoms with Crippen molar-refractivity contribution in [2.45, 2.75) is 46.6 Å². The van der Waals surface area contributed by atoms with Crippen molar-refractivity contribution in [2.75, 3.05) is 32.8 Å². The third-order valence-electron chi connectivity index (χ3n) is 3.27. The fourth-order valence-electron chi connectivity index (χ4n) is 2.18. The molecule has 136 valence electrons. The molecule has 0 atom stereocenters. The van der Waals surface area contributed by atoms with Gasteiger partial charge in [-0.25, -0.2) is 0 Å². The third kappa shape index (κ3) is 9.40. The van der Waals surface area contributed by atoms with Gasteiger partial charge in [-0.3, -0.25) is 4.99 Å². The van der Waals surface area contributed by atoms with Crippen LogP contribution in [0.4, 0.5) is 0 Å². The Morgan fingerprint density at radius 1 is 1.12 bits per heavy atom. The summed E-state index contributed by atoms with van der Waals surface area (Å²) in [5.74, 6) is 1.79. The molecular formula is C19H33N3O2. The third-order valence-corrected chi connectivity index (χ3v) is 3.27. The first-order valence-corrected chi connectivity index (χ1v) is 9.01. The molecule has 1 rings (SSSR count). The van der Waals surface area contributed by atoms with E-state index in [1.54, 1.807) is 0 Å². The van der Waals surface area contributed by atoms with Crippen LogP contribution in [0.5, 0.6) is 5.75 Å². The molecule has 0 aromatic heterocycles. The molecular weight excluding hydrogens is 302 g/mol. The van der Waals surface area contributed by atoms with Crippen LogP contribution in [0.3, 0.4) is 0 Å². The molecule has 0 spiro atoms. The summed E-state index contributed by atoms with van der Waals surface area (Å²) in [6, 6.07) is 8.29. The molecule has 0 saturated heterocycles. The average molecular weight is 335 g/mol. The van der Waals surface area contributed by atoms with Gasteiger partial charge < -0.3 is 20.1 Å². The summed E-state index contributed by atoms with van der Waals surface area (Å²) >= 11 is 0. The lowest BCUT2D eigenvalue weighted by atomic mass is 10.1. The second-order valence-corrected chi connectivity index (χ2v) is 5.80. The van der Waals surface area contributed by atoms with Gasteiger partial charge in [-0.1, -0.05) is 12.1 Å². The molecule has 2 N–H and O–H groups in total. The Hall–Kier alpha value is -1.75. The minimum absolute atomic E-state index is 0.208. The SMILES string of the molecule is CCNC(=NCCCOCC)NCCc1ccc(OC(C)C)cc1. The zero-order valence-electron chi connectivity index (χ0n) is 15.6. The zero-order chi connectivity index (χ0) is 17.6. The highest BCUT2D eigenvalue weighted by Gasteiger charge is 2.00. The Morgan fingerprint density at radius 3 is 2.50 bits per heavy atom. The molecule has 0 unspecified atom stereocenters. The Morgan fingerprint density at radius 2 is 1.88 bits per heavy atom. The number of nitrogens with one attached hydrogen (secondary N) is 2. The molecule has 0 amide bonds. The fourth-order valence-corrected chi connectivity index (χ4v) is 2.18. The Bertz CT molecular complexity index is 458. The number of benzene rings is 1. The molecule has 0 aliphatic carbocycles. The predicted molar refractivity (Wildman–Crippen MR) is 101 cm³/mol. The number of ether oxygens (including phenoxy) is 2. The van der Waals surface area contributed by atoms with Crippen LogP contribution in [0.25, 0.3) is 0 Å². The Labute approximate surface area is 146 Å². The highest BCUT2D eigenvalue weighted by molar-refractivity contribution is 5.79. The Balaban J connectivity index is 2.34. The normalized spacial score (nSPS) is 11.6. The van der Waals surface area contributed by atoms with E-state index in [-0.39, 0.29) is 6.10 Å². The fraction of sp³-hybridized carbons (Fsp3) is 0.632. The van der Waals surface area contributed by atoms with Gasteiger partial charge in [0.15, 0.2) is 5.96 Å². The number of hydrogen-bond donors (Lipinski definition) is 2. The standard InChI is InChI=1S/C19H33N3O2/c1-5-20-19(21-13-7-15-23-6-2)22-14-12-17-8-10-18(11-9-17)24-16(3)4/h8-11,16H,5-7,12-15H2,1-4H3,(H2,20,21,22). The maximum atomic E-state index is 5.66. The second-order valence-electron chi connectivity index (χ2n) is 5.80. The molecule has 5 nitrogen and oxygen atoms in total. The molecule has 0 aliphatic heterocycles. The van der Waals surface area contributed by atoms with E-state index in [1.165, 1.54) is 5.56 Å². The van der Waals surface area contributed by atoms with Crippen molar-refractivity contribution in [1.29, 1.82) is 0 Å². The van der Waals surface area contributed by atoms with E-state index in [0.29, 0.717) is 0 Å². The van der Waals surface area contributed by atoms with Crippen LogP contribution in [-0.4, -0.2) is 44.9 Å². The molecule has 24 heavy (non-hydrogen) atoms. The average Bonchev–Trinajstić information content (AvgIpc) is 2.55. The van der Waals surface area contributed by atoms with Crippen LogP contribution < -0.4 is 15.4 Å². The monoisotopic (exact) mass is 335 g/mol. The highest BCUT2D eigenvalue weighted by Crippen LogP contribution is 2.13. The van der Waals surface area contributed by atoms with Crippen LogP contribution in [0.15, 0.2) is 29.3 Å². The van der Waals surface area contributed by atoms with Crippen LogP contribution in [0.1, 0.15) is 39.7 Å². The number of guanidine groups is 1. The van der Waals surface area contributed by atoms with Crippen molar-refractivity contribution in [3.8, 4) is 5.75 Å². The van der Waals surface area contributed by atoms with E-state index in [1.807, 2.05) is 32.9 Å². The number of rotatable bonds is 11. The van der Waals surface area contributed by atoms with Gasteiger partial charge in [0.25, 0.3) is 0 Å². The van der Waals surface area contributed by atoms with Gasteiger partial charge in [0.1, 0.15) is 5.75 Å². The summed E-state index contributed by atoms with van der Waals surface area (Å²) in [7, 11) is 0. The van der Waals surface area contributed by atoms with Gasteiger partial charge in [-0.05, 0) is 58.2 Å². The zero-order valence-corrected chi connectivity index (χ0v) is 15.6. The molecule has 0 fully saturated rings. The van der Waals surface area contributed by atoms with Gasteiger partial charge in [-0.15, -0.1) is 0 Å². The van der Waals surface area contributed by atoms with E-state index in [4.69, 9.17) is 9.47 Å². The molecule has 0 heterocycles. The lowest BCUT2D eigenvalue weighted by molar-refractivity contribution is 0.146. The lowest BCUT2D eigenvalue weighted by Crippen LogP contribution is -2.38. The van der Waals surface area contributed by atoms with E-state index >= 15 is 0 Å². The van der Waals surface area contributed by atoms with Gasteiger partial charge in [-0.2, -0.15) is 0 Å². The minimum atomic E-state index is 0.208. The van der Waals surface area contributed by atoms with Crippen LogP contribution in [0, 0.1) is 0 Å². The summed E-state index contributed by atoms with van der Waals surface area (Å²) in [5.41, 5.74) is 1.28. The maximum absolute atomic E-state index is 5.66. The molecule has 0 saturated carbocycles. The van der Waals surface area contributed by atoms with E-state index in [9.17, 15) is 0 Å². The molecule has 1 aromatic rings. The van der Waals surface area contributed by atoms with Crippen molar-refractivity contribution in [2.24, 2.45) is 4.99 Å². The number of nitrogens with zero attached hydrogens (tertiary/aromatic N) is 1. The molecule has 0 radical (unpaired) electrons. The highest BCUT2D eigenvalue weighted by atomic mass is 16.5. The first-order valence-electron chi connectivity index (χ1n) is 9.01. The first kappa shape index (κ1) is 20.3. The smallest absolute Gasteiger partial charge is 0.191 e. The topological polar surface area (TPSA) is 54.9 Å². The Kier molecular flexibility index (Phi) is 10.7. The summed E-state index contributed by atoms with van der Waals surface area (Å²) in [6.45, 7) is 12.2. The summed E-state index contributed by atoms with van der Waals surface area (Å²) in [4.78, 5) is 4.56. The maximum Gasteiger partial charge on any atom is 0.191 e. The first-order chi connectivity index (χ1) is 11.7. The van der Waals surface area contributed by atoms with Crippen molar-refractivity contribution in [3.63, 3.8) is 0 Å². The molecule has 1 aromatic carbocycles. The molecule has 0 bridgehead atoms. The van der Waals surface area contributed by atoms with Crippen molar-refractivity contribution >= 4 is 5.96 Å². The van der Waals surface area contributed by atoms with Gasteiger partial charge in [0, 0.05) is 32.8 Å². The number of hydrogen-bond acceptors (Lipinski definition) is 3. The largest absolute Gasteiger partial charge is 0.491 e. The quantitative estimate of drug-likeness (QED) is 0.371. The predicted octanol–water partition coefficient (Wildman–Crippen LogP) is 3.00. The summed E-state index contributed by atoms with van der Waals surface area (Å²) in [5, 5.41) is 6.64. The van der Waals surface area contributed by atoms with Crippen LogP contribution in [0.2, 0.25) is 0 Å². The van der Waals surface area contributed by atoms with Gasteiger partial charge in [0.2, 0.25) is 0 Å². The minimum Gasteiger partial charge on any atom is -0.491 e. The van der Waals surface area contributed by atoms with Gasteiger partial charge in [0.05, 0.1) is 6.10 Å². The van der Waals surface area contributed by atoms with Crippen molar-refractivity contribution in [1.82, 2.24) is 10.6 Å². The summed E-state index contributed by atoms with van der Waals surface area (Å²) in [6.07, 6.45) is 2.10. The van der Waals surface area contributed by atoms with E-state index in [2.05, 4.69) is 34.7 Å². The van der Waals surface area contributed by atoms with E-state index < -0.39 is 0 Å². The van der Waals surface area contributed by atoms with Crippen molar-refractivity contribution < 1.29 is 9.47 Å². The summed E-state index contributed by atoms with van der Waals surface area (Å²) < 4.78 is 11.0.